The maximum atomic E-state index is 4.53. The Morgan fingerprint density at radius 2 is 0.941 bits per heavy atom. The number of fused-ring (bicyclic) bond motifs is 2. The third-order valence-corrected chi connectivity index (χ3v) is 5.44. The fourth-order valence-corrected chi connectivity index (χ4v) is 3.66. The van der Waals surface area contributed by atoms with Gasteiger partial charge in [0.1, 0.15) is 0 Å². The van der Waals surface area contributed by atoms with Gasteiger partial charge < -0.3 is 12.6 Å². The molecule has 0 radical (unpaired) electrons. The Morgan fingerprint density at radius 1 is 0.647 bits per heavy atom. The number of hydrogen-bond acceptors (Lipinski definition) is 0. The maximum absolute atomic E-state index is 4.53. The van der Waals surface area contributed by atoms with Crippen molar-refractivity contribution in [1.29, 1.82) is 0 Å². The summed E-state index contributed by atoms with van der Waals surface area (Å²) in [5.74, 6) is 0. The van der Waals surface area contributed by atoms with E-state index in [1.807, 2.05) is 20.3 Å². The molecule has 0 unspecified atom stereocenters. The minimum Gasteiger partial charge on any atom is -0.533 e. The van der Waals surface area contributed by atoms with Crippen molar-refractivity contribution >= 4 is 37.6 Å². The van der Waals surface area contributed by atoms with Gasteiger partial charge >= 0.3 is 26.2 Å². The molecular formula is C32H44SiZr. The van der Waals surface area contributed by atoms with Crippen molar-refractivity contribution in [2.45, 2.75) is 80.1 Å². The van der Waals surface area contributed by atoms with Gasteiger partial charge in [-0.2, -0.15) is 26.0 Å². The largest absolute Gasteiger partial charge is 4.00 e. The molecule has 4 aromatic carbocycles. The second-order valence-corrected chi connectivity index (χ2v) is 10.8. The molecule has 0 saturated carbocycles. The quantitative estimate of drug-likeness (QED) is 0.153. The zero-order valence-electron chi connectivity index (χ0n) is 23.1. The average molecular weight is 548 g/mol. The van der Waals surface area contributed by atoms with E-state index >= 15 is 0 Å². The summed E-state index contributed by atoms with van der Waals surface area (Å²) in [5, 5.41) is 5.45. The molecule has 180 valence electrons. The van der Waals surface area contributed by atoms with Gasteiger partial charge in [0.25, 0.3) is 0 Å². The first-order chi connectivity index (χ1) is 15.3. The van der Waals surface area contributed by atoms with Crippen LogP contribution >= 0.6 is 0 Å². The van der Waals surface area contributed by atoms with Crippen LogP contribution in [0.3, 0.4) is 0 Å². The predicted molar refractivity (Wildman–Crippen MR) is 156 cm³/mol. The molecule has 2 heteroatoms. The molecule has 0 N–H and O–H groups in total. The van der Waals surface area contributed by atoms with E-state index in [-0.39, 0.29) is 37.0 Å². The molecule has 0 atom stereocenters. The molecule has 0 aliphatic rings. The molecule has 4 rings (SSSR count). The first kappa shape index (κ1) is 32.6. The smallest absolute Gasteiger partial charge is 0.533 e. The summed E-state index contributed by atoms with van der Waals surface area (Å²) in [6.45, 7) is 21.8. The van der Waals surface area contributed by atoms with Crippen LogP contribution in [-0.2, 0) is 37.0 Å². The Hall–Kier alpha value is -1.37. The Morgan fingerprint density at radius 3 is 1.21 bits per heavy atom. The van der Waals surface area contributed by atoms with Gasteiger partial charge in [0.15, 0.2) is 0 Å². The Bertz CT molecular complexity index is 1040. The molecule has 0 bridgehead atoms. The number of hydrogen-bond donors (Lipinski definition) is 0. The number of rotatable bonds is 0. The van der Waals surface area contributed by atoms with Crippen LogP contribution in [0.4, 0.5) is 0 Å². The second kappa shape index (κ2) is 14.3. The monoisotopic (exact) mass is 546 g/mol. The van der Waals surface area contributed by atoms with Gasteiger partial charge in [0, 0.05) is 0 Å². The van der Waals surface area contributed by atoms with E-state index in [1.54, 1.807) is 0 Å². The van der Waals surface area contributed by atoms with Crippen molar-refractivity contribution in [3.63, 3.8) is 0 Å². The van der Waals surface area contributed by atoms with E-state index in [2.05, 4.69) is 122 Å². The SMILES string of the molecule is C[CH-]C.Cc1cc2cc(C(C)(C)C)ccc2[cH-]1.Cc1cc2cc(C(C)(C)C)ccc2[cH-]1.[CH-]=[SiH2].[Zr+4]. The summed E-state index contributed by atoms with van der Waals surface area (Å²) in [6.07, 6.45) is 6.53. The molecular weight excluding hydrogens is 504 g/mol. The third kappa shape index (κ3) is 9.71. The van der Waals surface area contributed by atoms with E-state index in [0.29, 0.717) is 0 Å². The van der Waals surface area contributed by atoms with Gasteiger partial charge in [-0.25, -0.2) is 9.85 Å². The number of aryl methyl sites for hydroxylation is 2. The Balaban J connectivity index is 0.000000527. The van der Waals surface area contributed by atoms with E-state index < -0.39 is 0 Å². The van der Waals surface area contributed by atoms with Gasteiger partial charge in [0.2, 0.25) is 0 Å². The summed E-state index contributed by atoms with van der Waals surface area (Å²) in [7, 11) is 1.36. The average Bonchev–Trinajstić information content (AvgIpc) is 3.28. The van der Waals surface area contributed by atoms with Crippen LogP contribution in [0.2, 0.25) is 0 Å². The fraction of sp³-hybridized carbons (Fsp3) is 0.375. The summed E-state index contributed by atoms with van der Waals surface area (Å²) in [5.41, 5.74) is 6.03. The fourth-order valence-electron chi connectivity index (χ4n) is 3.66. The van der Waals surface area contributed by atoms with Crippen molar-refractivity contribution in [2.24, 2.45) is 0 Å². The molecule has 0 heterocycles. The number of benzene rings is 2. The van der Waals surface area contributed by atoms with Gasteiger partial charge in [0.05, 0.1) is 0 Å². The standard InChI is InChI=1S/2C14H17.C3H7.CH3Si.Zr/c2*1-10-7-11-5-6-13(14(2,3)4)9-12(11)8-10;1-3-2;1-2;/h2*5-9H,1-4H3;3H,1-2H3;1H,2H2;/q4*-1;+4. The van der Waals surface area contributed by atoms with E-state index in [0.717, 1.165) is 0 Å². The Labute approximate surface area is 232 Å². The minimum absolute atomic E-state index is 0. The zero-order valence-corrected chi connectivity index (χ0v) is 27.0. The van der Waals surface area contributed by atoms with Crippen molar-refractivity contribution in [3.8, 4) is 0 Å². The molecule has 0 nitrogen and oxygen atoms in total. The van der Waals surface area contributed by atoms with E-state index in [4.69, 9.17) is 0 Å². The molecule has 0 fully saturated rings. The molecule has 34 heavy (non-hydrogen) atoms. The van der Waals surface area contributed by atoms with Crippen molar-refractivity contribution in [1.82, 2.24) is 0 Å². The normalized spacial score (nSPS) is 10.8. The van der Waals surface area contributed by atoms with Crippen LogP contribution in [0.1, 0.15) is 77.6 Å². The van der Waals surface area contributed by atoms with Crippen LogP contribution in [0.15, 0.2) is 60.7 Å². The van der Waals surface area contributed by atoms with Crippen molar-refractivity contribution in [3.05, 3.63) is 89.3 Å². The summed E-state index contributed by atoms with van der Waals surface area (Å²) < 4.78 is 0. The van der Waals surface area contributed by atoms with Crippen LogP contribution in [0.25, 0.3) is 21.5 Å². The predicted octanol–water partition coefficient (Wildman–Crippen LogP) is 8.49. The summed E-state index contributed by atoms with van der Waals surface area (Å²) >= 11 is 0. The van der Waals surface area contributed by atoms with Crippen LogP contribution in [-0.4, -0.2) is 16.0 Å². The van der Waals surface area contributed by atoms with E-state index in [9.17, 15) is 0 Å². The molecule has 0 aromatic heterocycles. The van der Waals surface area contributed by atoms with Crippen molar-refractivity contribution in [2.75, 3.05) is 0 Å². The zero-order chi connectivity index (χ0) is 25.4. The third-order valence-electron chi connectivity index (χ3n) is 5.44. The van der Waals surface area contributed by atoms with E-state index in [1.165, 1.54) is 53.7 Å². The topological polar surface area (TPSA) is 0 Å². The second-order valence-electron chi connectivity index (χ2n) is 10.8. The minimum atomic E-state index is 0. The molecule has 0 saturated heterocycles. The molecule has 4 aromatic rings. The van der Waals surface area contributed by atoms with Crippen LogP contribution in [0.5, 0.6) is 0 Å². The first-order valence-electron chi connectivity index (χ1n) is 11.8. The maximum Gasteiger partial charge on any atom is 4.00 e. The first-order valence-corrected chi connectivity index (χ1v) is 12.7. The molecule has 0 aliphatic carbocycles. The summed E-state index contributed by atoms with van der Waals surface area (Å²) in [4.78, 5) is 0. The van der Waals surface area contributed by atoms with Crippen molar-refractivity contribution < 1.29 is 26.2 Å². The van der Waals surface area contributed by atoms with Gasteiger partial charge in [-0.3, -0.25) is 0 Å². The molecule has 0 amide bonds. The van der Waals surface area contributed by atoms with Gasteiger partial charge in [-0.15, -0.1) is 81.2 Å². The molecule has 0 spiro atoms. The van der Waals surface area contributed by atoms with Crippen LogP contribution in [0, 0.1) is 20.3 Å². The molecule has 0 aliphatic heterocycles. The summed E-state index contributed by atoms with van der Waals surface area (Å²) in [6, 6.07) is 22.5. The van der Waals surface area contributed by atoms with Crippen LogP contribution < -0.4 is 0 Å². The van der Waals surface area contributed by atoms with Gasteiger partial charge in [-0.1, -0.05) is 66.5 Å². The van der Waals surface area contributed by atoms with Gasteiger partial charge in [-0.05, 0) is 10.8 Å². The Kier molecular flexibility index (Phi) is 13.7.